The number of benzene rings is 2. The van der Waals surface area contributed by atoms with Crippen LogP contribution in [0.25, 0.3) is 10.8 Å². The minimum atomic E-state index is -0.421. The van der Waals surface area contributed by atoms with Gasteiger partial charge in [0.15, 0.2) is 0 Å². The molecule has 1 amide bonds. The number of carbonyl (C=O) groups excluding carboxylic acids is 2. The molecule has 2 aromatic carbocycles. The first-order valence-corrected chi connectivity index (χ1v) is 9.96. The van der Waals surface area contributed by atoms with Gasteiger partial charge in [-0.3, -0.25) is 4.79 Å². The number of carbonyl (C=O) groups is 2. The lowest BCUT2D eigenvalue weighted by Gasteiger charge is -2.29. The van der Waals surface area contributed by atoms with Crippen molar-refractivity contribution < 1.29 is 19.1 Å². The standard InChI is InChI=1S/C23H23N3O4/c1-2-30-23(28)16-6-5-7-17(14-16)25-22(27)20-15-24-21(26-10-12-29-13-11-26)19-9-4-3-8-18(19)20/h3-9,14-15H,2,10-13H2,1H3,(H,25,27). The van der Waals surface area contributed by atoms with E-state index in [0.29, 0.717) is 36.6 Å². The molecule has 1 aromatic heterocycles. The number of aromatic nitrogens is 1. The molecule has 0 spiro atoms. The number of anilines is 2. The first-order chi connectivity index (χ1) is 14.7. The van der Waals surface area contributed by atoms with Crippen molar-refractivity contribution in [2.45, 2.75) is 6.92 Å². The molecule has 0 unspecified atom stereocenters. The Balaban J connectivity index is 1.63. The fraction of sp³-hybridized carbons (Fsp3) is 0.261. The summed E-state index contributed by atoms with van der Waals surface area (Å²) in [5.41, 5.74) is 1.39. The van der Waals surface area contributed by atoms with Gasteiger partial charge < -0.3 is 19.7 Å². The molecule has 7 nitrogen and oxygen atoms in total. The van der Waals surface area contributed by atoms with Gasteiger partial charge in [-0.2, -0.15) is 0 Å². The molecule has 1 aliphatic heterocycles. The molecule has 1 fully saturated rings. The Hall–Kier alpha value is -3.45. The van der Waals surface area contributed by atoms with Crippen molar-refractivity contribution in [3.8, 4) is 0 Å². The second kappa shape index (κ2) is 8.92. The monoisotopic (exact) mass is 405 g/mol. The van der Waals surface area contributed by atoms with E-state index in [1.165, 1.54) is 0 Å². The van der Waals surface area contributed by atoms with Gasteiger partial charge in [0, 0.05) is 30.4 Å². The highest BCUT2D eigenvalue weighted by atomic mass is 16.5. The fourth-order valence-electron chi connectivity index (χ4n) is 3.52. The Morgan fingerprint density at radius 3 is 2.63 bits per heavy atom. The van der Waals surface area contributed by atoms with Gasteiger partial charge in [0.25, 0.3) is 5.91 Å². The van der Waals surface area contributed by atoms with Crippen LogP contribution in [0, 0.1) is 0 Å². The molecule has 1 N–H and O–H groups in total. The molecule has 154 valence electrons. The minimum absolute atomic E-state index is 0.284. The van der Waals surface area contributed by atoms with Gasteiger partial charge in [-0.25, -0.2) is 9.78 Å². The lowest BCUT2D eigenvalue weighted by molar-refractivity contribution is 0.0526. The maximum atomic E-state index is 13.0. The van der Waals surface area contributed by atoms with E-state index in [-0.39, 0.29) is 5.91 Å². The van der Waals surface area contributed by atoms with Crippen LogP contribution in [-0.4, -0.2) is 49.8 Å². The van der Waals surface area contributed by atoms with E-state index in [4.69, 9.17) is 9.47 Å². The molecule has 4 rings (SSSR count). The van der Waals surface area contributed by atoms with Crippen LogP contribution in [0.2, 0.25) is 0 Å². The zero-order valence-electron chi connectivity index (χ0n) is 16.8. The van der Waals surface area contributed by atoms with Crippen molar-refractivity contribution in [1.82, 2.24) is 4.98 Å². The molecule has 0 aliphatic carbocycles. The number of amides is 1. The molecule has 7 heteroatoms. The van der Waals surface area contributed by atoms with Crippen LogP contribution in [0.15, 0.2) is 54.7 Å². The summed E-state index contributed by atoms with van der Waals surface area (Å²) in [5, 5.41) is 4.62. The molecule has 2 heterocycles. The molecule has 30 heavy (non-hydrogen) atoms. The number of nitrogens with one attached hydrogen (secondary N) is 1. The lowest BCUT2D eigenvalue weighted by atomic mass is 10.1. The van der Waals surface area contributed by atoms with E-state index in [2.05, 4.69) is 15.2 Å². The smallest absolute Gasteiger partial charge is 0.338 e. The van der Waals surface area contributed by atoms with Crippen LogP contribution in [0.3, 0.4) is 0 Å². The molecule has 0 bridgehead atoms. The zero-order chi connectivity index (χ0) is 20.9. The molecule has 1 aliphatic rings. The number of ether oxygens (including phenoxy) is 2. The second-order valence-corrected chi connectivity index (χ2v) is 6.90. The van der Waals surface area contributed by atoms with E-state index in [1.807, 2.05) is 24.3 Å². The van der Waals surface area contributed by atoms with Gasteiger partial charge in [0.2, 0.25) is 0 Å². The van der Waals surface area contributed by atoms with E-state index in [0.717, 1.165) is 29.7 Å². The number of fused-ring (bicyclic) bond motifs is 1. The van der Waals surface area contributed by atoms with Crippen LogP contribution >= 0.6 is 0 Å². The van der Waals surface area contributed by atoms with Crippen LogP contribution in [0.4, 0.5) is 11.5 Å². The summed E-state index contributed by atoms with van der Waals surface area (Å²) in [5.74, 6) is 0.151. The summed E-state index contributed by atoms with van der Waals surface area (Å²) in [7, 11) is 0. The lowest BCUT2D eigenvalue weighted by Crippen LogP contribution is -2.37. The number of morpholine rings is 1. The number of hydrogen-bond donors (Lipinski definition) is 1. The molecule has 3 aromatic rings. The quantitative estimate of drug-likeness (QED) is 0.655. The summed E-state index contributed by atoms with van der Waals surface area (Å²) >= 11 is 0. The van der Waals surface area contributed by atoms with E-state index in [1.54, 1.807) is 37.4 Å². The molecular formula is C23H23N3O4. The summed E-state index contributed by atoms with van der Waals surface area (Å²) in [4.78, 5) is 31.8. The highest BCUT2D eigenvalue weighted by molar-refractivity contribution is 6.14. The van der Waals surface area contributed by atoms with E-state index >= 15 is 0 Å². The van der Waals surface area contributed by atoms with Crippen molar-refractivity contribution in [2.75, 3.05) is 43.1 Å². The Morgan fingerprint density at radius 1 is 1.10 bits per heavy atom. The van der Waals surface area contributed by atoms with Crippen molar-refractivity contribution in [3.63, 3.8) is 0 Å². The van der Waals surface area contributed by atoms with Crippen molar-refractivity contribution in [3.05, 3.63) is 65.9 Å². The number of esters is 1. The minimum Gasteiger partial charge on any atom is -0.462 e. The summed E-state index contributed by atoms with van der Waals surface area (Å²) in [6.07, 6.45) is 1.61. The van der Waals surface area contributed by atoms with Crippen LogP contribution in [0.5, 0.6) is 0 Å². The van der Waals surface area contributed by atoms with Crippen molar-refractivity contribution >= 4 is 34.2 Å². The van der Waals surface area contributed by atoms with E-state index < -0.39 is 5.97 Å². The average molecular weight is 405 g/mol. The molecule has 0 atom stereocenters. The van der Waals surface area contributed by atoms with Gasteiger partial charge in [0.05, 0.1) is 30.9 Å². The first kappa shape index (κ1) is 19.8. The SMILES string of the molecule is CCOC(=O)c1cccc(NC(=O)c2cnc(N3CCOCC3)c3ccccc23)c1. The molecule has 0 radical (unpaired) electrons. The Bertz CT molecular complexity index is 1080. The van der Waals surface area contributed by atoms with Crippen molar-refractivity contribution in [2.24, 2.45) is 0 Å². The van der Waals surface area contributed by atoms with E-state index in [9.17, 15) is 9.59 Å². The maximum absolute atomic E-state index is 13.0. The molecule has 0 saturated carbocycles. The summed E-state index contributed by atoms with van der Waals surface area (Å²) < 4.78 is 10.5. The predicted octanol–water partition coefficient (Wildman–Crippen LogP) is 3.50. The third-order valence-corrected chi connectivity index (χ3v) is 4.96. The zero-order valence-corrected chi connectivity index (χ0v) is 16.8. The van der Waals surface area contributed by atoms with Crippen LogP contribution < -0.4 is 10.2 Å². The van der Waals surface area contributed by atoms with Crippen molar-refractivity contribution in [1.29, 1.82) is 0 Å². The predicted molar refractivity (Wildman–Crippen MR) is 115 cm³/mol. The first-order valence-electron chi connectivity index (χ1n) is 9.96. The number of pyridine rings is 1. The van der Waals surface area contributed by atoms with Gasteiger partial charge in [-0.1, -0.05) is 30.3 Å². The summed E-state index contributed by atoms with van der Waals surface area (Å²) in [6, 6.07) is 14.5. The maximum Gasteiger partial charge on any atom is 0.338 e. The topological polar surface area (TPSA) is 80.8 Å². The molecular weight excluding hydrogens is 382 g/mol. The average Bonchev–Trinajstić information content (AvgIpc) is 2.79. The second-order valence-electron chi connectivity index (χ2n) is 6.90. The van der Waals surface area contributed by atoms with Gasteiger partial charge in [-0.15, -0.1) is 0 Å². The number of nitrogens with zero attached hydrogens (tertiary/aromatic N) is 2. The van der Waals surface area contributed by atoms with Gasteiger partial charge in [-0.05, 0) is 30.5 Å². The van der Waals surface area contributed by atoms with Crippen LogP contribution in [-0.2, 0) is 9.47 Å². The normalized spacial score (nSPS) is 13.8. The third-order valence-electron chi connectivity index (χ3n) is 4.96. The Kier molecular flexibility index (Phi) is 5.90. The summed E-state index contributed by atoms with van der Waals surface area (Å²) in [6.45, 7) is 4.90. The Labute approximate surface area is 174 Å². The third kappa shape index (κ3) is 4.11. The fourth-order valence-corrected chi connectivity index (χ4v) is 3.52. The Morgan fingerprint density at radius 2 is 1.87 bits per heavy atom. The highest BCUT2D eigenvalue weighted by Gasteiger charge is 2.19. The highest BCUT2D eigenvalue weighted by Crippen LogP contribution is 2.28. The largest absolute Gasteiger partial charge is 0.462 e. The van der Waals surface area contributed by atoms with Gasteiger partial charge in [0.1, 0.15) is 5.82 Å². The molecule has 1 saturated heterocycles. The number of hydrogen-bond acceptors (Lipinski definition) is 6. The van der Waals surface area contributed by atoms with Gasteiger partial charge >= 0.3 is 5.97 Å². The number of rotatable bonds is 5. The van der Waals surface area contributed by atoms with Crippen LogP contribution in [0.1, 0.15) is 27.6 Å².